The third-order valence-electron chi connectivity index (χ3n) is 4.09. The number of nitrogens with one attached hydrogen (secondary N) is 2. The molecule has 0 saturated heterocycles. The highest BCUT2D eigenvalue weighted by Crippen LogP contribution is 2.12. The minimum atomic E-state index is 0.465. The molecule has 0 radical (unpaired) electrons. The van der Waals surface area contributed by atoms with E-state index in [0.717, 1.165) is 23.5 Å². The molecule has 1 aromatic heterocycles. The topological polar surface area (TPSA) is 41.4 Å². The number of para-hydroxylation sites is 1. The maximum atomic E-state index is 5.30. The van der Waals surface area contributed by atoms with E-state index in [-0.39, 0.29) is 0 Å². The Morgan fingerprint density at radius 2 is 1.81 bits per heavy atom. The largest absolute Gasteiger partial charge is 0.342 e. The van der Waals surface area contributed by atoms with Gasteiger partial charge in [-0.25, -0.2) is 0 Å². The van der Waals surface area contributed by atoms with Gasteiger partial charge in [0.1, 0.15) is 0 Å². The molecule has 2 N–H and O–H groups in total. The number of thiocarbonyl (C=S) groups is 1. The molecule has 4 nitrogen and oxygen atoms in total. The zero-order valence-electron chi connectivity index (χ0n) is 14.9. The van der Waals surface area contributed by atoms with Crippen LogP contribution in [0.15, 0.2) is 72.0 Å². The molecule has 132 valence electrons. The minimum absolute atomic E-state index is 0.465. The summed E-state index contributed by atoms with van der Waals surface area (Å²) in [5, 5.41) is 7.87. The third kappa shape index (κ3) is 4.80. The lowest BCUT2D eigenvalue weighted by Gasteiger charge is -2.10. The van der Waals surface area contributed by atoms with Crippen molar-refractivity contribution < 1.29 is 0 Å². The monoisotopic (exact) mass is 362 g/mol. The zero-order chi connectivity index (χ0) is 18.4. The number of aryl methyl sites for hydroxylation is 2. The van der Waals surface area contributed by atoms with Crippen LogP contribution < -0.4 is 10.7 Å². The van der Waals surface area contributed by atoms with Gasteiger partial charge in [-0.2, -0.15) is 5.10 Å². The highest BCUT2D eigenvalue weighted by molar-refractivity contribution is 7.80. The molecule has 26 heavy (non-hydrogen) atoms. The highest BCUT2D eigenvalue weighted by atomic mass is 32.1. The van der Waals surface area contributed by atoms with Gasteiger partial charge in [0.05, 0.1) is 11.9 Å². The van der Waals surface area contributed by atoms with Crippen LogP contribution >= 0.6 is 12.2 Å². The van der Waals surface area contributed by atoms with Crippen LogP contribution in [0.3, 0.4) is 0 Å². The molecule has 0 aliphatic heterocycles. The molecule has 0 saturated carbocycles. The van der Waals surface area contributed by atoms with Crippen LogP contribution in [-0.4, -0.2) is 15.9 Å². The smallest absolute Gasteiger partial charge is 0.191 e. The van der Waals surface area contributed by atoms with Crippen molar-refractivity contribution in [3.63, 3.8) is 0 Å². The normalized spacial score (nSPS) is 10.8. The molecular formula is C21H22N4S. The summed E-state index contributed by atoms with van der Waals surface area (Å²) < 4.78 is 2.15. The van der Waals surface area contributed by atoms with E-state index < -0.39 is 0 Å². The molecule has 0 fully saturated rings. The predicted molar refractivity (Wildman–Crippen MR) is 113 cm³/mol. The van der Waals surface area contributed by atoms with Gasteiger partial charge in [-0.3, -0.25) is 5.43 Å². The average Bonchev–Trinajstić information content (AvgIpc) is 3.06. The Labute approximate surface area is 159 Å². The quantitative estimate of drug-likeness (QED) is 0.400. The summed E-state index contributed by atoms with van der Waals surface area (Å²) in [6, 6.07) is 20.6. The fourth-order valence-electron chi connectivity index (χ4n) is 2.60. The van der Waals surface area contributed by atoms with Gasteiger partial charge in [0.15, 0.2) is 5.11 Å². The second kappa shape index (κ2) is 8.45. The van der Waals surface area contributed by atoms with Gasteiger partial charge in [0.25, 0.3) is 0 Å². The van der Waals surface area contributed by atoms with Crippen LogP contribution in [0.5, 0.6) is 0 Å². The summed E-state index contributed by atoms with van der Waals surface area (Å²) in [5.74, 6) is 0. The number of benzene rings is 2. The predicted octanol–water partition coefficient (Wildman–Crippen LogP) is 4.47. The SMILES string of the molecule is Cc1ccc(Cn2cccc2/C=N/NC(=S)Nc2ccccc2C)cc1. The standard InChI is InChI=1S/C21H22N4S/c1-16-9-11-18(12-10-16)15-25-13-5-7-19(25)14-22-24-21(26)23-20-8-4-3-6-17(20)2/h3-14H,15H2,1-2H3,(H2,23,24,26)/b22-14+. The number of nitrogens with zero attached hydrogens (tertiary/aromatic N) is 2. The van der Waals surface area contributed by atoms with Crippen molar-refractivity contribution in [2.75, 3.05) is 5.32 Å². The Kier molecular flexibility index (Phi) is 5.81. The Balaban J connectivity index is 1.59. The molecule has 3 rings (SSSR count). The van der Waals surface area contributed by atoms with E-state index in [0.29, 0.717) is 5.11 Å². The Hall–Kier alpha value is -2.92. The van der Waals surface area contributed by atoms with E-state index in [1.54, 1.807) is 6.21 Å². The summed E-state index contributed by atoms with van der Waals surface area (Å²) in [6.07, 6.45) is 3.82. The lowest BCUT2D eigenvalue weighted by atomic mass is 10.1. The van der Waals surface area contributed by atoms with E-state index in [1.165, 1.54) is 11.1 Å². The van der Waals surface area contributed by atoms with Crippen LogP contribution in [0.2, 0.25) is 0 Å². The van der Waals surface area contributed by atoms with Gasteiger partial charge in [0.2, 0.25) is 0 Å². The molecule has 0 amide bonds. The number of rotatable bonds is 5. The summed E-state index contributed by atoms with van der Waals surface area (Å²) in [5.41, 5.74) is 8.51. The lowest BCUT2D eigenvalue weighted by Crippen LogP contribution is -2.24. The third-order valence-corrected chi connectivity index (χ3v) is 4.29. The lowest BCUT2D eigenvalue weighted by molar-refractivity contribution is 0.798. The Bertz CT molecular complexity index is 910. The van der Waals surface area contributed by atoms with E-state index in [9.17, 15) is 0 Å². The summed E-state index contributed by atoms with van der Waals surface area (Å²) in [6.45, 7) is 4.93. The van der Waals surface area contributed by atoms with E-state index in [1.807, 2.05) is 49.5 Å². The van der Waals surface area contributed by atoms with Crippen molar-refractivity contribution in [3.8, 4) is 0 Å². The van der Waals surface area contributed by atoms with Crippen LogP contribution in [0.4, 0.5) is 5.69 Å². The molecule has 5 heteroatoms. The first-order valence-electron chi connectivity index (χ1n) is 8.48. The molecule has 0 bridgehead atoms. The van der Waals surface area contributed by atoms with E-state index in [4.69, 9.17) is 12.2 Å². The van der Waals surface area contributed by atoms with Crippen molar-refractivity contribution in [1.29, 1.82) is 0 Å². The van der Waals surface area contributed by atoms with Gasteiger partial charge in [-0.15, -0.1) is 0 Å². The molecular weight excluding hydrogens is 340 g/mol. The van der Waals surface area contributed by atoms with Crippen molar-refractivity contribution in [2.24, 2.45) is 5.10 Å². The first-order chi connectivity index (χ1) is 12.6. The zero-order valence-corrected chi connectivity index (χ0v) is 15.8. The van der Waals surface area contributed by atoms with E-state index >= 15 is 0 Å². The molecule has 2 aromatic carbocycles. The first-order valence-corrected chi connectivity index (χ1v) is 8.89. The molecule has 0 aliphatic carbocycles. The second-order valence-corrected chi connectivity index (χ2v) is 6.59. The molecule has 0 atom stereocenters. The fourth-order valence-corrected chi connectivity index (χ4v) is 2.76. The van der Waals surface area contributed by atoms with Crippen LogP contribution in [0.25, 0.3) is 0 Å². The van der Waals surface area contributed by atoms with Gasteiger partial charge in [-0.05, 0) is 55.4 Å². The second-order valence-electron chi connectivity index (χ2n) is 6.19. The van der Waals surface area contributed by atoms with Crippen molar-refractivity contribution >= 4 is 29.2 Å². The Morgan fingerprint density at radius 1 is 1.04 bits per heavy atom. The maximum absolute atomic E-state index is 5.30. The van der Waals surface area contributed by atoms with Crippen molar-refractivity contribution in [3.05, 3.63) is 89.2 Å². The van der Waals surface area contributed by atoms with Gasteiger partial charge in [0, 0.05) is 18.4 Å². The highest BCUT2D eigenvalue weighted by Gasteiger charge is 2.01. The Morgan fingerprint density at radius 3 is 2.58 bits per heavy atom. The summed E-state index contributed by atoms with van der Waals surface area (Å²) in [7, 11) is 0. The van der Waals surface area contributed by atoms with Gasteiger partial charge < -0.3 is 9.88 Å². The van der Waals surface area contributed by atoms with Crippen LogP contribution in [0.1, 0.15) is 22.4 Å². The van der Waals surface area contributed by atoms with Crippen molar-refractivity contribution in [1.82, 2.24) is 9.99 Å². The molecule has 0 aliphatic rings. The molecule has 0 spiro atoms. The number of aromatic nitrogens is 1. The van der Waals surface area contributed by atoms with Gasteiger partial charge >= 0.3 is 0 Å². The number of hydrogen-bond acceptors (Lipinski definition) is 2. The molecule has 0 unspecified atom stereocenters. The first kappa shape index (κ1) is 17.9. The maximum Gasteiger partial charge on any atom is 0.191 e. The number of hydrogen-bond donors (Lipinski definition) is 2. The molecule has 1 heterocycles. The summed E-state index contributed by atoms with van der Waals surface area (Å²) in [4.78, 5) is 0. The molecule has 3 aromatic rings. The van der Waals surface area contributed by atoms with Crippen molar-refractivity contribution in [2.45, 2.75) is 20.4 Å². The van der Waals surface area contributed by atoms with Crippen LogP contribution in [-0.2, 0) is 6.54 Å². The number of hydrazone groups is 1. The van der Waals surface area contributed by atoms with Crippen LogP contribution in [0, 0.1) is 13.8 Å². The van der Waals surface area contributed by atoms with Gasteiger partial charge in [-0.1, -0.05) is 48.0 Å². The fraction of sp³-hybridized carbons (Fsp3) is 0.143. The summed E-state index contributed by atoms with van der Waals surface area (Å²) >= 11 is 5.30. The average molecular weight is 363 g/mol. The number of anilines is 1. The minimum Gasteiger partial charge on any atom is -0.342 e. The van der Waals surface area contributed by atoms with E-state index in [2.05, 4.69) is 51.6 Å².